The third kappa shape index (κ3) is 6.22. The van der Waals surface area contributed by atoms with Gasteiger partial charge < -0.3 is 15.0 Å². The minimum Gasteiger partial charge on any atom is -0.491 e. The lowest BCUT2D eigenvalue weighted by atomic mass is 10.1. The van der Waals surface area contributed by atoms with Gasteiger partial charge in [-0.2, -0.15) is 0 Å². The standard InChI is InChI=1S/C19H28N2O3/c1-15(2)24-17-7-5-6-16(14-17)9-11-20-18(22)10-13-21-12-4-3-8-19(21)23/h5-7,14-15H,3-4,8-13H2,1-2H3,(H,20,22). The molecule has 0 unspecified atom stereocenters. The quantitative estimate of drug-likeness (QED) is 0.796. The maximum atomic E-state index is 11.9. The molecule has 0 aliphatic carbocycles. The summed E-state index contributed by atoms with van der Waals surface area (Å²) in [5, 5.41) is 2.93. The van der Waals surface area contributed by atoms with E-state index < -0.39 is 0 Å². The summed E-state index contributed by atoms with van der Waals surface area (Å²) < 4.78 is 5.67. The highest BCUT2D eigenvalue weighted by atomic mass is 16.5. The van der Waals surface area contributed by atoms with E-state index in [2.05, 4.69) is 5.32 Å². The Morgan fingerprint density at radius 2 is 2.17 bits per heavy atom. The topological polar surface area (TPSA) is 58.6 Å². The molecule has 1 heterocycles. The van der Waals surface area contributed by atoms with Crippen molar-refractivity contribution < 1.29 is 14.3 Å². The average molecular weight is 332 g/mol. The van der Waals surface area contributed by atoms with Gasteiger partial charge in [-0.25, -0.2) is 0 Å². The Morgan fingerprint density at radius 3 is 2.92 bits per heavy atom. The number of ether oxygens (including phenoxy) is 1. The van der Waals surface area contributed by atoms with Crippen LogP contribution in [0.25, 0.3) is 0 Å². The van der Waals surface area contributed by atoms with Crippen molar-refractivity contribution in [2.45, 2.75) is 52.1 Å². The number of hydrogen-bond acceptors (Lipinski definition) is 3. The van der Waals surface area contributed by atoms with E-state index in [4.69, 9.17) is 4.74 Å². The van der Waals surface area contributed by atoms with E-state index in [-0.39, 0.29) is 17.9 Å². The maximum absolute atomic E-state index is 11.9. The number of nitrogens with zero attached hydrogens (tertiary/aromatic N) is 1. The zero-order valence-corrected chi connectivity index (χ0v) is 14.7. The molecule has 5 heteroatoms. The van der Waals surface area contributed by atoms with Crippen LogP contribution in [0.1, 0.15) is 45.1 Å². The van der Waals surface area contributed by atoms with E-state index in [9.17, 15) is 9.59 Å². The van der Waals surface area contributed by atoms with Crippen molar-refractivity contribution >= 4 is 11.8 Å². The Hall–Kier alpha value is -2.04. The van der Waals surface area contributed by atoms with Crippen LogP contribution in [0, 0.1) is 0 Å². The molecule has 0 bridgehead atoms. The Kier molecular flexibility index (Phi) is 7.09. The molecule has 1 aliphatic rings. The van der Waals surface area contributed by atoms with Gasteiger partial charge in [-0.15, -0.1) is 0 Å². The van der Waals surface area contributed by atoms with E-state index in [1.165, 1.54) is 0 Å². The lowest BCUT2D eigenvalue weighted by Gasteiger charge is -2.26. The van der Waals surface area contributed by atoms with Crippen molar-refractivity contribution in [2.75, 3.05) is 19.6 Å². The van der Waals surface area contributed by atoms with Crippen LogP contribution in [-0.2, 0) is 16.0 Å². The molecule has 24 heavy (non-hydrogen) atoms. The normalized spacial score (nSPS) is 14.8. The van der Waals surface area contributed by atoms with Crippen molar-refractivity contribution in [3.63, 3.8) is 0 Å². The average Bonchev–Trinajstić information content (AvgIpc) is 2.54. The highest BCUT2D eigenvalue weighted by molar-refractivity contribution is 5.79. The minimum absolute atomic E-state index is 0.00274. The van der Waals surface area contributed by atoms with E-state index >= 15 is 0 Å². The number of benzene rings is 1. The van der Waals surface area contributed by atoms with Crippen LogP contribution in [-0.4, -0.2) is 42.5 Å². The molecule has 0 atom stereocenters. The van der Waals surface area contributed by atoms with Gasteiger partial charge in [0, 0.05) is 32.5 Å². The highest BCUT2D eigenvalue weighted by Gasteiger charge is 2.18. The molecule has 2 rings (SSSR count). The van der Waals surface area contributed by atoms with E-state index in [0.29, 0.717) is 25.9 Å². The smallest absolute Gasteiger partial charge is 0.222 e. The summed E-state index contributed by atoms with van der Waals surface area (Å²) in [6.07, 6.45) is 3.93. The molecule has 132 valence electrons. The van der Waals surface area contributed by atoms with Gasteiger partial charge in [0.15, 0.2) is 0 Å². The number of likely N-dealkylation sites (tertiary alicyclic amines) is 1. The van der Waals surface area contributed by atoms with Crippen LogP contribution >= 0.6 is 0 Å². The van der Waals surface area contributed by atoms with Gasteiger partial charge in [0.2, 0.25) is 11.8 Å². The van der Waals surface area contributed by atoms with Gasteiger partial charge in [0.1, 0.15) is 5.75 Å². The van der Waals surface area contributed by atoms with Gasteiger partial charge >= 0.3 is 0 Å². The number of nitrogens with one attached hydrogen (secondary N) is 1. The van der Waals surface area contributed by atoms with Crippen molar-refractivity contribution in [3.05, 3.63) is 29.8 Å². The third-order valence-electron chi connectivity index (χ3n) is 4.04. The lowest BCUT2D eigenvalue weighted by molar-refractivity contribution is -0.133. The number of carbonyl (C=O) groups excluding carboxylic acids is 2. The second-order valence-corrected chi connectivity index (χ2v) is 6.50. The van der Waals surface area contributed by atoms with Gasteiger partial charge in [-0.1, -0.05) is 12.1 Å². The van der Waals surface area contributed by atoms with E-state index in [0.717, 1.165) is 37.1 Å². The third-order valence-corrected chi connectivity index (χ3v) is 4.04. The Morgan fingerprint density at radius 1 is 1.33 bits per heavy atom. The first kappa shape index (κ1) is 18.3. The Balaban J connectivity index is 1.68. The SMILES string of the molecule is CC(C)Oc1cccc(CCNC(=O)CCN2CCCCC2=O)c1. The van der Waals surface area contributed by atoms with Crippen LogP contribution < -0.4 is 10.1 Å². The van der Waals surface area contributed by atoms with Gasteiger partial charge in [0.25, 0.3) is 0 Å². The molecule has 1 aromatic carbocycles. The summed E-state index contributed by atoms with van der Waals surface area (Å²) in [4.78, 5) is 25.4. The maximum Gasteiger partial charge on any atom is 0.222 e. The number of carbonyl (C=O) groups is 2. The second kappa shape index (κ2) is 9.30. The predicted octanol–water partition coefficient (Wildman–Crippen LogP) is 2.54. The molecule has 0 aromatic heterocycles. The molecule has 1 saturated heterocycles. The summed E-state index contributed by atoms with van der Waals surface area (Å²) in [5.74, 6) is 1.04. The van der Waals surface area contributed by atoms with Crippen LogP contribution in [0.3, 0.4) is 0 Å². The fourth-order valence-corrected chi connectivity index (χ4v) is 2.82. The first-order valence-electron chi connectivity index (χ1n) is 8.84. The molecular formula is C19H28N2O3. The Bertz CT molecular complexity index is 557. The lowest BCUT2D eigenvalue weighted by Crippen LogP contribution is -2.38. The molecule has 1 aromatic rings. The molecule has 1 aliphatic heterocycles. The van der Waals surface area contributed by atoms with Crippen molar-refractivity contribution in [1.29, 1.82) is 0 Å². The summed E-state index contributed by atoms with van der Waals surface area (Å²) >= 11 is 0. The first-order valence-corrected chi connectivity index (χ1v) is 8.84. The van der Waals surface area contributed by atoms with Crippen LogP contribution in [0.5, 0.6) is 5.75 Å². The van der Waals surface area contributed by atoms with Gasteiger partial charge in [-0.05, 0) is 50.8 Å². The van der Waals surface area contributed by atoms with Crippen molar-refractivity contribution in [2.24, 2.45) is 0 Å². The number of rotatable bonds is 8. The molecule has 1 fully saturated rings. The molecule has 0 spiro atoms. The summed E-state index contributed by atoms with van der Waals surface area (Å²) in [6, 6.07) is 7.96. The zero-order valence-electron chi connectivity index (χ0n) is 14.7. The van der Waals surface area contributed by atoms with E-state index in [1.807, 2.05) is 38.1 Å². The van der Waals surface area contributed by atoms with Crippen LogP contribution in [0.4, 0.5) is 0 Å². The summed E-state index contributed by atoms with van der Waals surface area (Å²) in [6.45, 7) is 5.91. The second-order valence-electron chi connectivity index (χ2n) is 6.50. The molecule has 5 nitrogen and oxygen atoms in total. The molecule has 2 amide bonds. The van der Waals surface area contributed by atoms with Gasteiger partial charge in [-0.3, -0.25) is 9.59 Å². The van der Waals surface area contributed by atoms with Crippen LogP contribution in [0.15, 0.2) is 24.3 Å². The van der Waals surface area contributed by atoms with Crippen molar-refractivity contribution in [1.82, 2.24) is 10.2 Å². The zero-order chi connectivity index (χ0) is 17.4. The molecular weight excluding hydrogens is 304 g/mol. The van der Waals surface area contributed by atoms with Gasteiger partial charge in [0.05, 0.1) is 6.10 Å². The summed E-state index contributed by atoms with van der Waals surface area (Å²) in [7, 11) is 0. The fraction of sp³-hybridized carbons (Fsp3) is 0.579. The minimum atomic E-state index is 0.00274. The molecule has 1 N–H and O–H groups in total. The first-order chi connectivity index (χ1) is 11.5. The monoisotopic (exact) mass is 332 g/mol. The number of amides is 2. The number of hydrogen-bond donors (Lipinski definition) is 1. The largest absolute Gasteiger partial charge is 0.491 e. The van der Waals surface area contributed by atoms with Crippen LogP contribution in [0.2, 0.25) is 0 Å². The Labute approximate surface area is 144 Å². The van der Waals surface area contributed by atoms with Crippen molar-refractivity contribution in [3.8, 4) is 5.75 Å². The fourth-order valence-electron chi connectivity index (χ4n) is 2.82. The molecule has 0 radical (unpaired) electrons. The van der Waals surface area contributed by atoms with E-state index in [1.54, 1.807) is 4.90 Å². The number of piperidine rings is 1. The molecule has 0 saturated carbocycles. The highest BCUT2D eigenvalue weighted by Crippen LogP contribution is 2.15. The predicted molar refractivity (Wildman–Crippen MR) is 94.0 cm³/mol. The summed E-state index contributed by atoms with van der Waals surface area (Å²) in [5.41, 5.74) is 1.14.